The van der Waals surface area contributed by atoms with Crippen LogP contribution in [0.2, 0.25) is 0 Å². The van der Waals surface area contributed by atoms with E-state index in [0.717, 1.165) is 39.8 Å². The fraction of sp³-hybridized carbons (Fsp3) is 0.471. The summed E-state index contributed by atoms with van der Waals surface area (Å²) >= 11 is 1.63. The number of Topliss-reactive ketones (excluding diaryl/α,β-unsaturated/α-hetero) is 1. The highest BCUT2D eigenvalue weighted by Crippen LogP contribution is 2.28. The standard InChI is InChI=1S/C17H21N3O2S/c1-8-14(15-12(18-8)6-5-7-13(15)21)17(22)19-9(2)16-10(3)23-11(4)20-16/h9,18H,5-7H2,1-4H3,(H,19,22)/t9-/m0/s1. The molecule has 1 atom stereocenters. The predicted octanol–water partition coefficient (Wildman–Crippen LogP) is 3.41. The van der Waals surface area contributed by atoms with Gasteiger partial charge >= 0.3 is 0 Å². The fourth-order valence-electron chi connectivity index (χ4n) is 3.30. The lowest BCUT2D eigenvalue weighted by atomic mass is 9.93. The van der Waals surface area contributed by atoms with E-state index in [0.29, 0.717) is 17.5 Å². The van der Waals surface area contributed by atoms with Crippen molar-refractivity contribution in [3.63, 3.8) is 0 Å². The molecule has 0 radical (unpaired) electrons. The molecule has 2 N–H and O–H groups in total. The van der Waals surface area contributed by atoms with Crippen LogP contribution in [0.25, 0.3) is 0 Å². The van der Waals surface area contributed by atoms with Crippen LogP contribution in [0, 0.1) is 20.8 Å². The van der Waals surface area contributed by atoms with Crippen molar-refractivity contribution in [1.29, 1.82) is 0 Å². The third kappa shape index (κ3) is 2.83. The molecule has 0 unspecified atom stereocenters. The summed E-state index contributed by atoms with van der Waals surface area (Å²) in [5.41, 5.74) is 3.65. The summed E-state index contributed by atoms with van der Waals surface area (Å²) in [5, 5.41) is 3.99. The Hall–Kier alpha value is -1.95. The number of nitrogens with zero attached hydrogens (tertiary/aromatic N) is 1. The Balaban J connectivity index is 1.88. The lowest BCUT2D eigenvalue weighted by Gasteiger charge is -2.15. The SMILES string of the molecule is Cc1nc([C@H](C)NC(=O)c2c(C)[nH]c3c2C(=O)CCC3)c(C)s1. The molecular formula is C17H21N3O2S. The first kappa shape index (κ1) is 15.9. The summed E-state index contributed by atoms with van der Waals surface area (Å²) in [6.07, 6.45) is 2.19. The Morgan fingerprint density at radius 2 is 2.04 bits per heavy atom. The van der Waals surface area contributed by atoms with Crippen molar-refractivity contribution in [2.75, 3.05) is 0 Å². The normalized spacial score (nSPS) is 15.4. The monoisotopic (exact) mass is 331 g/mol. The minimum atomic E-state index is -0.201. The number of aromatic amines is 1. The number of aromatic nitrogens is 2. The average molecular weight is 331 g/mol. The number of nitrogens with one attached hydrogen (secondary N) is 2. The molecule has 0 spiro atoms. The quantitative estimate of drug-likeness (QED) is 0.905. The maximum Gasteiger partial charge on any atom is 0.254 e. The van der Waals surface area contributed by atoms with E-state index in [2.05, 4.69) is 15.3 Å². The van der Waals surface area contributed by atoms with E-state index in [-0.39, 0.29) is 17.7 Å². The van der Waals surface area contributed by atoms with Gasteiger partial charge in [0.25, 0.3) is 5.91 Å². The second-order valence-electron chi connectivity index (χ2n) is 6.12. The maximum absolute atomic E-state index is 12.7. The number of H-pyrrole nitrogens is 1. The van der Waals surface area contributed by atoms with Crippen LogP contribution in [0.3, 0.4) is 0 Å². The summed E-state index contributed by atoms with van der Waals surface area (Å²) in [7, 11) is 0. The fourth-order valence-corrected chi connectivity index (χ4v) is 4.22. The molecule has 6 heteroatoms. The van der Waals surface area contributed by atoms with Crippen molar-refractivity contribution in [3.05, 3.63) is 38.1 Å². The van der Waals surface area contributed by atoms with Gasteiger partial charge in [0.2, 0.25) is 0 Å². The maximum atomic E-state index is 12.7. The molecule has 5 nitrogen and oxygen atoms in total. The van der Waals surface area contributed by atoms with Crippen LogP contribution in [-0.4, -0.2) is 21.7 Å². The van der Waals surface area contributed by atoms with Crippen LogP contribution >= 0.6 is 11.3 Å². The molecule has 2 heterocycles. The van der Waals surface area contributed by atoms with Gasteiger partial charge in [-0.25, -0.2) is 4.98 Å². The molecule has 0 aromatic carbocycles. The Bertz CT molecular complexity index is 788. The van der Waals surface area contributed by atoms with Gasteiger partial charge in [-0.1, -0.05) is 0 Å². The molecule has 122 valence electrons. The summed E-state index contributed by atoms with van der Waals surface area (Å²) in [4.78, 5) is 33.8. The zero-order chi connectivity index (χ0) is 16.7. The van der Waals surface area contributed by atoms with Crippen molar-refractivity contribution in [3.8, 4) is 0 Å². The van der Waals surface area contributed by atoms with Gasteiger partial charge < -0.3 is 10.3 Å². The lowest BCUT2D eigenvalue weighted by molar-refractivity contribution is 0.0917. The molecule has 0 aliphatic heterocycles. The number of carbonyl (C=O) groups excluding carboxylic acids is 2. The second kappa shape index (κ2) is 5.92. The number of ketones is 1. The van der Waals surface area contributed by atoms with Crippen molar-refractivity contribution in [1.82, 2.24) is 15.3 Å². The number of thiazole rings is 1. The van der Waals surface area contributed by atoms with Crippen molar-refractivity contribution in [2.45, 2.75) is 53.0 Å². The molecule has 1 aliphatic rings. The van der Waals surface area contributed by atoms with E-state index in [4.69, 9.17) is 0 Å². The number of hydrogen-bond acceptors (Lipinski definition) is 4. The van der Waals surface area contributed by atoms with Crippen LogP contribution in [0.4, 0.5) is 0 Å². The van der Waals surface area contributed by atoms with E-state index in [1.54, 1.807) is 11.3 Å². The molecule has 2 aromatic heterocycles. The average Bonchev–Trinajstić information content (AvgIpc) is 2.98. The van der Waals surface area contributed by atoms with Gasteiger partial charge in [-0.2, -0.15) is 0 Å². The largest absolute Gasteiger partial charge is 0.361 e. The topological polar surface area (TPSA) is 74.8 Å². The van der Waals surface area contributed by atoms with Gasteiger partial charge in [0.1, 0.15) is 0 Å². The number of rotatable bonds is 3. The Morgan fingerprint density at radius 1 is 1.30 bits per heavy atom. The van der Waals surface area contributed by atoms with Crippen molar-refractivity contribution >= 4 is 23.0 Å². The molecule has 3 rings (SSSR count). The van der Waals surface area contributed by atoms with Gasteiger partial charge in [-0.15, -0.1) is 11.3 Å². The highest BCUT2D eigenvalue weighted by Gasteiger charge is 2.29. The van der Waals surface area contributed by atoms with Gasteiger partial charge in [0.05, 0.1) is 27.9 Å². The third-order valence-corrected chi connectivity index (χ3v) is 5.20. The zero-order valence-corrected chi connectivity index (χ0v) is 14.7. The van der Waals surface area contributed by atoms with Crippen molar-refractivity contribution < 1.29 is 9.59 Å². The Labute approximate surface area is 139 Å². The smallest absolute Gasteiger partial charge is 0.254 e. The molecular weight excluding hydrogens is 310 g/mol. The minimum Gasteiger partial charge on any atom is -0.361 e. The van der Waals surface area contributed by atoms with Crippen LogP contribution in [0.1, 0.15) is 73.5 Å². The Kier molecular flexibility index (Phi) is 4.10. The van der Waals surface area contributed by atoms with Gasteiger partial charge in [-0.3, -0.25) is 9.59 Å². The number of fused-ring (bicyclic) bond motifs is 1. The van der Waals surface area contributed by atoms with E-state index < -0.39 is 0 Å². The molecule has 1 amide bonds. The summed E-state index contributed by atoms with van der Waals surface area (Å²) < 4.78 is 0. The molecule has 0 saturated heterocycles. The van der Waals surface area contributed by atoms with E-state index in [1.807, 2.05) is 27.7 Å². The number of amides is 1. The zero-order valence-electron chi connectivity index (χ0n) is 13.9. The number of aryl methyl sites for hydroxylation is 4. The summed E-state index contributed by atoms with van der Waals surface area (Å²) in [6, 6.07) is -0.184. The molecule has 0 fully saturated rings. The predicted molar refractivity (Wildman–Crippen MR) is 90.3 cm³/mol. The molecule has 23 heavy (non-hydrogen) atoms. The van der Waals surface area contributed by atoms with Crippen LogP contribution < -0.4 is 5.32 Å². The minimum absolute atomic E-state index is 0.0640. The number of carbonyl (C=O) groups is 2. The second-order valence-corrected chi connectivity index (χ2v) is 7.53. The van der Waals surface area contributed by atoms with Gasteiger partial charge in [-0.05, 0) is 40.5 Å². The highest BCUT2D eigenvalue weighted by atomic mass is 32.1. The van der Waals surface area contributed by atoms with Crippen molar-refractivity contribution in [2.24, 2.45) is 0 Å². The van der Waals surface area contributed by atoms with Crippen LogP contribution in [0.15, 0.2) is 0 Å². The molecule has 2 aromatic rings. The van der Waals surface area contributed by atoms with Gasteiger partial charge in [0, 0.05) is 22.7 Å². The highest BCUT2D eigenvalue weighted by molar-refractivity contribution is 7.11. The van der Waals surface area contributed by atoms with E-state index >= 15 is 0 Å². The van der Waals surface area contributed by atoms with Crippen LogP contribution in [-0.2, 0) is 6.42 Å². The van der Waals surface area contributed by atoms with Gasteiger partial charge in [0.15, 0.2) is 5.78 Å². The number of hydrogen-bond donors (Lipinski definition) is 2. The van der Waals surface area contributed by atoms with E-state index in [9.17, 15) is 9.59 Å². The molecule has 0 bridgehead atoms. The summed E-state index contributed by atoms with van der Waals surface area (Å²) in [5.74, 6) is -0.137. The first-order chi connectivity index (χ1) is 10.9. The Morgan fingerprint density at radius 3 is 2.70 bits per heavy atom. The molecule has 0 saturated carbocycles. The lowest BCUT2D eigenvalue weighted by Crippen LogP contribution is -2.29. The first-order valence-electron chi connectivity index (χ1n) is 7.88. The third-order valence-electron chi connectivity index (χ3n) is 4.30. The van der Waals surface area contributed by atoms with E-state index in [1.165, 1.54) is 0 Å². The first-order valence-corrected chi connectivity index (χ1v) is 8.69. The molecule has 1 aliphatic carbocycles. The van der Waals surface area contributed by atoms with Crippen LogP contribution in [0.5, 0.6) is 0 Å². The summed E-state index contributed by atoms with van der Waals surface area (Å²) in [6.45, 7) is 7.75.